The van der Waals surface area contributed by atoms with Gasteiger partial charge in [-0.15, -0.1) is 5.10 Å². The number of nitrogens with zero attached hydrogens (tertiary/aromatic N) is 4. The lowest BCUT2D eigenvalue weighted by atomic mass is 10.2. The zero-order valence-corrected chi connectivity index (χ0v) is 11.8. The van der Waals surface area contributed by atoms with Crippen LogP contribution in [0.15, 0.2) is 34.3 Å². The smallest absolute Gasteiger partial charge is 0.214 e. The Morgan fingerprint density at radius 1 is 1.25 bits per heavy atom. The van der Waals surface area contributed by atoms with E-state index in [1.807, 2.05) is 28.9 Å². The number of nitrogens with one attached hydrogen (secondary N) is 1. The normalized spacial score (nSPS) is 15.6. The molecule has 1 aliphatic rings. The minimum atomic E-state index is 0.0809. The van der Waals surface area contributed by atoms with Gasteiger partial charge >= 0.3 is 0 Å². The van der Waals surface area contributed by atoms with Crippen LogP contribution in [0.3, 0.4) is 0 Å². The van der Waals surface area contributed by atoms with Gasteiger partial charge in [-0.2, -0.15) is 0 Å². The molecule has 0 spiro atoms. The molecule has 104 valence electrons. The van der Waals surface area contributed by atoms with Gasteiger partial charge in [-0.25, -0.2) is 4.68 Å². The summed E-state index contributed by atoms with van der Waals surface area (Å²) in [5, 5.41) is 20.2. The Bertz CT molecular complexity index is 600. The molecule has 6 nitrogen and oxygen atoms in total. The number of hydrogen-bond acceptors (Lipinski definition) is 5. The lowest BCUT2D eigenvalue weighted by Crippen LogP contribution is -2.10. The molecule has 2 aromatic rings. The summed E-state index contributed by atoms with van der Waals surface area (Å²) >= 11 is 1.54. The molecule has 0 amide bonds. The third-order valence-corrected chi connectivity index (χ3v) is 4.47. The Kier molecular flexibility index (Phi) is 3.68. The number of aromatic nitrogens is 4. The molecular weight excluding hydrogens is 272 g/mol. The molecule has 1 aliphatic carbocycles. The molecule has 1 saturated carbocycles. The van der Waals surface area contributed by atoms with Gasteiger partial charge in [0.1, 0.15) is 5.84 Å². The maximum Gasteiger partial charge on any atom is 0.214 e. The molecule has 0 bridgehead atoms. The van der Waals surface area contributed by atoms with Gasteiger partial charge in [0.25, 0.3) is 0 Å². The molecule has 0 atom stereocenters. The fraction of sp³-hybridized carbons (Fsp3) is 0.385. The number of hydrogen-bond donors (Lipinski definition) is 2. The Morgan fingerprint density at radius 2 is 1.95 bits per heavy atom. The maximum absolute atomic E-state index is 7.38. The van der Waals surface area contributed by atoms with Gasteiger partial charge in [0.05, 0.1) is 6.04 Å². The van der Waals surface area contributed by atoms with Crippen LogP contribution in [-0.2, 0) is 0 Å². The highest BCUT2D eigenvalue weighted by Gasteiger charge is 2.21. The largest absolute Gasteiger partial charge is 0.384 e. The van der Waals surface area contributed by atoms with Gasteiger partial charge in [0.15, 0.2) is 0 Å². The summed E-state index contributed by atoms with van der Waals surface area (Å²) < 4.78 is 1.94. The van der Waals surface area contributed by atoms with E-state index in [9.17, 15) is 0 Å². The molecule has 3 rings (SSSR count). The predicted molar refractivity (Wildman–Crippen MR) is 76.9 cm³/mol. The lowest BCUT2D eigenvalue weighted by Gasteiger charge is -2.10. The zero-order chi connectivity index (χ0) is 13.9. The van der Waals surface area contributed by atoms with Crippen LogP contribution in [0.1, 0.15) is 37.3 Å². The first kappa shape index (κ1) is 13.1. The fourth-order valence-corrected chi connectivity index (χ4v) is 3.28. The molecule has 3 N–H and O–H groups in total. The first-order valence-corrected chi connectivity index (χ1v) is 7.46. The third-order valence-electron chi connectivity index (χ3n) is 3.51. The summed E-state index contributed by atoms with van der Waals surface area (Å²) in [6.45, 7) is 0. The van der Waals surface area contributed by atoms with E-state index in [4.69, 9.17) is 11.1 Å². The molecule has 20 heavy (non-hydrogen) atoms. The minimum absolute atomic E-state index is 0.0809. The second-order valence-electron chi connectivity index (χ2n) is 4.88. The molecule has 1 aromatic carbocycles. The summed E-state index contributed by atoms with van der Waals surface area (Å²) in [6, 6.07) is 8.00. The van der Waals surface area contributed by atoms with Crippen LogP contribution in [0.4, 0.5) is 0 Å². The monoisotopic (exact) mass is 288 g/mol. The van der Waals surface area contributed by atoms with Gasteiger partial charge in [0, 0.05) is 10.5 Å². The minimum Gasteiger partial charge on any atom is -0.384 e. The highest BCUT2D eigenvalue weighted by Crippen LogP contribution is 2.33. The van der Waals surface area contributed by atoms with Gasteiger partial charge in [-0.05, 0) is 47.2 Å². The highest BCUT2D eigenvalue weighted by atomic mass is 32.2. The first-order valence-electron chi connectivity index (χ1n) is 6.64. The van der Waals surface area contributed by atoms with Crippen LogP contribution >= 0.6 is 11.8 Å². The van der Waals surface area contributed by atoms with Gasteiger partial charge in [-0.3, -0.25) is 5.41 Å². The second kappa shape index (κ2) is 5.62. The molecule has 0 aliphatic heterocycles. The van der Waals surface area contributed by atoms with Crippen molar-refractivity contribution in [1.29, 1.82) is 5.41 Å². The topological polar surface area (TPSA) is 93.5 Å². The van der Waals surface area contributed by atoms with E-state index in [1.165, 1.54) is 12.8 Å². The molecule has 1 fully saturated rings. The number of amidine groups is 1. The Balaban J connectivity index is 1.77. The van der Waals surface area contributed by atoms with Crippen molar-refractivity contribution < 1.29 is 0 Å². The van der Waals surface area contributed by atoms with E-state index in [0.29, 0.717) is 6.04 Å². The highest BCUT2D eigenvalue weighted by molar-refractivity contribution is 7.99. The quantitative estimate of drug-likeness (QED) is 0.664. The van der Waals surface area contributed by atoms with Crippen LogP contribution in [0, 0.1) is 5.41 Å². The average molecular weight is 288 g/mol. The van der Waals surface area contributed by atoms with Crippen molar-refractivity contribution in [3.63, 3.8) is 0 Å². The van der Waals surface area contributed by atoms with Gasteiger partial charge < -0.3 is 5.73 Å². The zero-order valence-electron chi connectivity index (χ0n) is 11.0. The van der Waals surface area contributed by atoms with Crippen molar-refractivity contribution in [2.24, 2.45) is 5.73 Å². The van der Waals surface area contributed by atoms with E-state index >= 15 is 0 Å². The summed E-state index contributed by atoms with van der Waals surface area (Å²) in [7, 11) is 0. The van der Waals surface area contributed by atoms with Crippen molar-refractivity contribution in [3.8, 4) is 0 Å². The number of tetrazole rings is 1. The van der Waals surface area contributed by atoms with Gasteiger partial charge in [-0.1, -0.05) is 25.0 Å². The number of nitrogens with two attached hydrogens (primary N) is 1. The van der Waals surface area contributed by atoms with Gasteiger partial charge in [0.2, 0.25) is 5.16 Å². The van der Waals surface area contributed by atoms with Crippen LogP contribution in [0.5, 0.6) is 0 Å². The van der Waals surface area contributed by atoms with Crippen LogP contribution in [0.2, 0.25) is 0 Å². The van der Waals surface area contributed by atoms with Crippen molar-refractivity contribution >= 4 is 17.6 Å². The standard InChI is InChI=1S/C13H16N6S/c14-12(15)9-5-7-11(8-6-9)20-13-16-17-18-19(13)10-3-1-2-4-10/h5-8,10H,1-4H2,(H3,14,15). The fourth-order valence-electron chi connectivity index (χ4n) is 2.44. The SMILES string of the molecule is N=C(N)c1ccc(Sc2nnnn2C2CCCC2)cc1. The summed E-state index contributed by atoms with van der Waals surface area (Å²) in [4.78, 5) is 1.05. The molecule has 0 radical (unpaired) electrons. The first-order chi connectivity index (χ1) is 9.74. The summed E-state index contributed by atoms with van der Waals surface area (Å²) in [5.41, 5.74) is 6.17. The van der Waals surface area contributed by atoms with Crippen molar-refractivity contribution in [2.75, 3.05) is 0 Å². The number of benzene rings is 1. The summed E-state index contributed by atoms with van der Waals surface area (Å²) in [6.07, 6.45) is 4.81. The van der Waals surface area contributed by atoms with E-state index in [1.54, 1.807) is 11.8 Å². The van der Waals surface area contributed by atoms with E-state index < -0.39 is 0 Å². The maximum atomic E-state index is 7.38. The predicted octanol–water partition coefficient (Wildman–Crippen LogP) is 2.22. The molecular formula is C13H16N6S. The average Bonchev–Trinajstić information content (AvgIpc) is 3.09. The van der Waals surface area contributed by atoms with Crippen molar-refractivity contribution in [1.82, 2.24) is 20.2 Å². The van der Waals surface area contributed by atoms with E-state index in [-0.39, 0.29) is 5.84 Å². The third kappa shape index (κ3) is 2.67. The van der Waals surface area contributed by atoms with Crippen LogP contribution in [0.25, 0.3) is 0 Å². The van der Waals surface area contributed by atoms with Crippen molar-refractivity contribution in [3.05, 3.63) is 29.8 Å². The molecule has 7 heteroatoms. The molecule has 0 unspecified atom stereocenters. The molecule has 0 saturated heterocycles. The van der Waals surface area contributed by atoms with E-state index in [2.05, 4.69) is 15.5 Å². The second-order valence-corrected chi connectivity index (χ2v) is 5.93. The van der Waals surface area contributed by atoms with Crippen molar-refractivity contribution in [2.45, 2.75) is 41.8 Å². The number of nitrogen functional groups attached to an aromatic ring is 1. The molecule has 1 aromatic heterocycles. The summed E-state index contributed by atoms with van der Waals surface area (Å²) in [5.74, 6) is 0.0809. The van der Waals surface area contributed by atoms with Crippen LogP contribution < -0.4 is 5.73 Å². The Labute approximate surface area is 121 Å². The Hall–Kier alpha value is -1.89. The lowest BCUT2D eigenvalue weighted by molar-refractivity contribution is 0.423. The van der Waals surface area contributed by atoms with E-state index in [0.717, 1.165) is 28.5 Å². The number of rotatable bonds is 4. The molecule has 1 heterocycles. The van der Waals surface area contributed by atoms with Crippen LogP contribution in [-0.4, -0.2) is 26.0 Å². The Morgan fingerprint density at radius 3 is 2.60 bits per heavy atom.